The second-order valence-corrected chi connectivity index (χ2v) is 5.36. The molecule has 1 heterocycles. The van der Waals surface area contributed by atoms with Crippen LogP contribution in [0.15, 0.2) is 45.8 Å². The van der Waals surface area contributed by atoms with Gasteiger partial charge >= 0.3 is 12.1 Å². The van der Waals surface area contributed by atoms with Crippen LogP contribution in [-0.4, -0.2) is 15.6 Å². The van der Waals surface area contributed by atoms with Gasteiger partial charge in [-0.1, -0.05) is 12.1 Å². The summed E-state index contributed by atoms with van der Waals surface area (Å²) in [6, 6.07) is 5.49. The standard InChI is InChI=1S/C14H9BrF3NO3/c15-11-5-9(13(21)22)7-19(12(11)20)6-8-1-3-10(4-2-8)14(16,17)18/h1-5,7H,6H2,(H,21,22). The third-order valence-corrected chi connectivity index (χ3v) is 3.49. The molecule has 0 unspecified atom stereocenters. The molecule has 1 N–H and O–H groups in total. The van der Waals surface area contributed by atoms with Crippen molar-refractivity contribution in [3.05, 3.63) is 68.0 Å². The van der Waals surface area contributed by atoms with Crippen LogP contribution in [0.3, 0.4) is 0 Å². The first-order valence-corrected chi connectivity index (χ1v) is 6.77. The second-order valence-electron chi connectivity index (χ2n) is 4.51. The predicted molar refractivity (Wildman–Crippen MR) is 75.9 cm³/mol. The summed E-state index contributed by atoms with van der Waals surface area (Å²) in [5.74, 6) is -1.21. The van der Waals surface area contributed by atoms with Crippen LogP contribution in [0.5, 0.6) is 0 Å². The van der Waals surface area contributed by atoms with Gasteiger partial charge in [0.1, 0.15) is 0 Å². The van der Waals surface area contributed by atoms with Crippen LogP contribution < -0.4 is 5.56 Å². The molecule has 0 spiro atoms. The molecular weight excluding hydrogens is 367 g/mol. The first-order chi connectivity index (χ1) is 10.2. The van der Waals surface area contributed by atoms with Gasteiger partial charge in [0.15, 0.2) is 0 Å². The Bertz CT molecular complexity index is 766. The number of carbonyl (C=O) groups is 1. The highest BCUT2D eigenvalue weighted by atomic mass is 79.9. The monoisotopic (exact) mass is 375 g/mol. The Morgan fingerprint density at radius 2 is 1.82 bits per heavy atom. The lowest BCUT2D eigenvalue weighted by molar-refractivity contribution is -0.137. The molecule has 0 aliphatic heterocycles. The Hall–Kier alpha value is -2.09. The zero-order valence-corrected chi connectivity index (χ0v) is 12.5. The van der Waals surface area contributed by atoms with Crippen molar-refractivity contribution in [1.29, 1.82) is 0 Å². The minimum absolute atomic E-state index is 0.0311. The van der Waals surface area contributed by atoms with Crippen molar-refractivity contribution < 1.29 is 23.1 Å². The molecule has 4 nitrogen and oxygen atoms in total. The first-order valence-electron chi connectivity index (χ1n) is 5.98. The zero-order valence-electron chi connectivity index (χ0n) is 10.9. The SMILES string of the molecule is O=C(O)c1cc(Br)c(=O)n(Cc2ccc(C(F)(F)F)cc2)c1. The summed E-state index contributed by atoms with van der Waals surface area (Å²) in [4.78, 5) is 22.9. The average Bonchev–Trinajstić information content (AvgIpc) is 2.43. The number of aromatic nitrogens is 1. The molecule has 0 aliphatic rings. The van der Waals surface area contributed by atoms with Gasteiger partial charge in [-0.25, -0.2) is 4.79 Å². The molecule has 0 fully saturated rings. The Balaban J connectivity index is 2.35. The Morgan fingerprint density at radius 1 is 1.23 bits per heavy atom. The van der Waals surface area contributed by atoms with E-state index >= 15 is 0 Å². The van der Waals surface area contributed by atoms with E-state index in [4.69, 9.17) is 5.11 Å². The average molecular weight is 376 g/mol. The number of carboxylic acids is 1. The third-order valence-electron chi connectivity index (χ3n) is 2.92. The van der Waals surface area contributed by atoms with Crippen LogP contribution >= 0.6 is 15.9 Å². The fourth-order valence-corrected chi connectivity index (χ4v) is 2.30. The van der Waals surface area contributed by atoms with Gasteiger partial charge in [0.2, 0.25) is 0 Å². The van der Waals surface area contributed by atoms with E-state index in [0.717, 1.165) is 22.9 Å². The van der Waals surface area contributed by atoms with Crippen molar-refractivity contribution in [3.63, 3.8) is 0 Å². The van der Waals surface area contributed by atoms with Gasteiger partial charge in [0.25, 0.3) is 5.56 Å². The Labute approximate surface area is 130 Å². The Kier molecular flexibility index (Phi) is 4.41. The van der Waals surface area contributed by atoms with Crippen molar-refractivity contribution in [2.45, 2.75) is 12.7 Å². The lowest BCUT2D eigenvalue weighted by Crippen LogP contribution is -2.22. The molecule has 116 valence electrons. The Morgan fingerprint density at radius 3 is 2.32 bits per heavy atom. The molecule has 0 amide bonds. The summed E-state index contributed by atoms with van der Waals surface area (Å²) >= 11 is 2.97. The summed E-state index contributed by atoms with van der Waals surface area (Å²) in [6.45, 7) is -0.0311. The number of aromatic carboxylic acids is 1. The van der Waals surface area contributed by atoms with E-state index in [1.165, 1.54) is 18.2 Å². The minimum Gasteiger partial charge on any atom is -0.478 e. The molecule has 0 saturated carbocycles. The van der Waals surface area contributed by atoms with Crippen molar-refractivity contribution in [3.8, 4) is 0 Å². The predicted octanol–water partition coefficient (Wildman–Crippen LogP) is 3.38. The van der Waals surface area contributed by atoms with E-state index < -0.39 is 23.3 Å². The van der Waals surface area contributed by atoms with Crippen molar-refractivity contribution >= 4 is 21.9 Å². The second kappa shape index (κ2) is 5.96. The zero-order chi connectivity index (χ0) is 16.5. The van der Waals surface area contributed by atoms with Gasteiger partial charge < -0.3 is 9.67 Å². The van der Waals surface area contributed by atoms with Crippen molar-refractivity contribution in [2.24, 2.45) is 0 Å². The summed E-state index contributed by atoms with van der Waals surface area (Å²) in [5.41, 5.74) is -0.906. The molecule has 0 saturated heterocycles. The van der Waals surface area contributed by atoms with E-state index in [9.17, 15) is 22.8 Å². The van der Waals surface area contributed by atoms with Crippen molar-refractivity contribution in [2.75, 3.05) is 0 Å². The lowest BCUT2D eigenvalue weighted by atomic mass is 10.1. The number of alkyl halides is 3. The largest absolute Gasteiger partial charge is 0.478 e. The highest BCUT2D eigenvalue weighted by Crippen LogP contribution is 2.29. The topological polar surface area (TPSA) is 59.3 Å². The molecule has 0 atom stereocenters. The highest BCUT2D eigenvalue weighted by molar-refractivity contribution is 9.10. The van der Waals surface area contributed by atoms with Gasteiger partial charge in [-0.15, -0.1) is 0 Å². The summed E-state index contributed by atoms with van der Waals surface area (Å²) in [6.07, 6.45) is -3.28. The lowest BCUT2D eigenvalue weighted by Gasteiger charge is -2.10. The number of hydrogen-bond acceptors (Lipinski definition) is 2. The van der Waals surface area contributed by atoms with Crippen LogP contribution in [-0.2, 0) is 12.7 Å². The van der Waals surface area contributed by atoms with Crippen LogP contribution in [0.4, 0.5) is 13.2 Å². The van der Waals surface area contributed by atoms with Crippen LogP contribution in [0.1, 0.15) is 21.5 Å². The molecule has 2 rings (SSSR count). The van der Waals surface area contributed by atoms with Gasteiger partial charge in [-0.3, -0.25) is 4.79 Å². The van der Waals surface area contributed by atoms with Gasteiger partial charge in [0.05, 0.1) is 22.1 Å². The van der Waals surface area contributed by atoms with Crippen LogP contribution in [0.2, 0.25) is 0 Å². The van der Waals surface area contributed by atoms with Crippen molar-refractivity contribution in [1.82, 2.24) is 4.57 Å². The van der Waals surface area contributed by atoms with Gasteiger partial charge in [-0.05, 0) is 39.7 Å². The normalized spacial score (nSPS) is 11.5. The number of halogens is 4. The van der Waals surface area contributed by atoms with Crippen LogP contribution in [0, 0.1) is 0 Å². The third kappa shape index (κ3) is 3.56. The number of pyridine rings is 1. The quantitative estimate of drug-likeness (QED) is 0.894. The number of nitrogens with zero attached hydrogens (tertiary/aromatic N) is 1. The fraction of sp³-hybridized carbons (Fsp3) is 0.143. The summed E-state index contributed by atoms with van der Waals surface area (Å²) < 4.78 is 38.6. The molecule has 0 aliphatic carbocycles. The number of carboxylic acid groups (broad SMARTS) is 1. The van der Waals surface area contributed by atoms with Gasteiger partial charge in [-0.2, -0.15) is 13.2 Å². The number of benzene rings is 1. The summed E-state index contributed by atoms with van der Waals surface area (Å²) in [7, 11) is 0. The molecule has 0 bridgehead atoms. The van der Waals surface area contributed by atoms with E-state index in [1.54, 1.807) is 0 Å². The molecule has 0 radical (unpaired) electrons. The maximum atomic E-state index is 12.5. The van der Waals surface area contributed by atoms with Crippen LogP contribution in [0.25, 0.3) is 0 Å². The fourth-order valence-electron chi connectivity index (χ4n) is 1.83. The number of rotatable bonds is 3. The smallest absolute Gasteiger partial charge is 0.416 e. The molecule has 8 heteroatoms. The van der Waals surface area contributed by atoms with E-state index in [-0.39, 0.29) is 16.6 Å². The molecule has 2 aromatic rings. The summed E-state index contributed by atoms with van der Waals surface area (Å²) in [5, 5.41) is 8.96. The number of hydrogen-bond donors (Lipinski definition) is 1. The first kappa shape index (κ1) is 16.3. The highest BCUT2D eigenvalue weighted by Gasteiger charge is 2.29. The van der Waals surface area contributed by atoms with Gasteiger partial charge in [0, 0.05) is 6.20 Å². The minimum atomic E-state index is -4.43. The molecule has 1 aromatic heterocycles. The van der Waals surface area contributed by atoms with E-state index in [1.807, 2.05) is 0 Å². The van der Waals surface area contributed by atoms with E-state index in [2.05, 4.69) is 15.9 Å². The molecular formula is C14H9BrF3NO3. The maximum Gasteiger partial charge on any atom is 0.416 e. The van der Waals surface area contributed by atoms with E-state index in [0.29, 0.717) is 5.56 Å². The molecule has 1 aromatic carbocycles. The maximum absolute atomic E-state index is 12.5. The molecule has 22 heavy (non-hydrogen) atoms.